The molecule has 4 rings (SSSR count). The maximum Gasteiger partial charge on any atom is 0.0918 e. The number of anilines is 1. The zero-order valence-electron chi connectivity index (χ0n) is 19.0. The molecule has 166 valence electrons. The van der Waals surface area contributed by atoms with E-state index >= 15 is 0 Å². The van der Waals surface area contributed by atoms with E-state index in [4.69, 9.17) is 5.73 Å². The number of nitrogens with one attached hydrogen (secondary N) is 2. The lowest BCUT2D eigenvalue weighted by Gasteiger charge is -2.40. The van der Waals surface area contributed by atoms with E-state index < -0.39 is 0 Å². The molecule has 4 N–H and O–H groups in total. The van der Waals surface area contributed by atoms with E-state index in [1.54, 1.807) is 0 Å². The second-order valence-corrected chi connectivity index (χ2v) is 8.70. The van der Waals surface area contributed by atoms with Gasteiger partial charge in [-0.1, -0.05) is 61.7 Å². The molecule has 1 heterocycles. The van der Waals surface area contributed by atoms with Crippen molar-refractivity contribution in [2.24, 2.45) is 0 Å². The highest BCUT2D eigenvalue weighted by atomic mass is 15.2. The first kappa shape index (κ1) is 21.8. The lowest BCUT2D eigenvalue weighted by Crippen LogP contribution is -2.37. The highest BCUT2D eigenvalue weighted by molar-refractivity contribution is 5.86. The summed E-state index contributed by atoms with van der Waals surface area (Å²) in [5.74, 6) is 0.804. The second-order valence-electron chi connectivity index (χ2n) is 8.70. The van der Waals surface area contributed by atoms with Gasteiger partial charge in [-0.3, -0.25) is 0 Å². The van der Waals surface area contributed by atoms with Crippen molar-refractivity contribution in [2.45, 2.75) is 38.8 Å². The van der Waals surface area contributed by atoms with Gasteiger partial charge in [0.15, 0.2) is 0 Å². The van der Waals surface area contributed by atoms with E-state index in [1.165, 1.54) is 40.3 Å². The SMILES string of the molecule is C=C(NCC(=C)N1CCCCC1c1ccc2ccccc2c1C)NCc1ccc(N)cc1. The van der Waals surface area contributed by atoms with Crippen LogP contribution in [0.2, 0.25) is 0 Å². The lowest BCUT2D eigenvalue weighted by atomic mass is 9.89. The number of hydrogen-bond donors (Lipinski definition) is 3. The number of nitrogen functional groups attached to an aromatic ring is 1. The van der Waals surface area contributed by atoms with Crippen LogP contribution in [0.25, 0.3) is 10.8 Å². The van der Waals surface area contributed by atoms with Crippen LogP contribution in [0, 0.1) is 6.92 Å². The topological polar surface area (TPSA) is 53.3 Å². The minimum atomic E-state index is 0.374. The molecule has 1 unspecified atom stereocenters. The number of rotatable bonds is 8. The fourth-order valence-corrected chi connectivity index (χ4v) is 4.66. The van der Waals surface area contributed by atoms with Crippen LogP contribution in [0.15, 0.2) is 85.3 Å². The Morgan fingerprint density at radius 2 is 1.78 bits per heavy atom. The Morgan fingerprint density at radius 1 is 1.00 bits per heavy atom. The zero-order chi connectivity index (χ0) is 22.5. The van der Waals surface area contributed by atoms with E-state index in [0.717, 1.165) is 30.2 Å². The van der Waals surface area contributed by atoms with Gasteiger partial charge >= 0.3 is 0 Å². The quantitative estimate of drug-likeness (QED) is 0.409. The molecule has 0 spiro atoms. The van der Waals surface area contributed by atoms with Crippen LogP contribution in [0.5, 0.6) is 0 Å². The smallest absolute Gasteiger partial charge is 0.0918 e. The maximum absolute atomic E-state index is 5.76. The summed E-state index contributed by atoms with van der Waals surface area (Å²) < 4.78 is 0. The first-order valence-electron chi connectivity index (χ1n) is 11.5. The van der Waals surface area contributed by atoms with Crippen LogP contribution in [0.3, 0.4) is 0 Å². The van der Waals surface area contributed by atoms with Crippen molar-refractivity contribution in [1.82, 2.24) is 15.5 Å². The molecule has 1 aliphatic rings. The highest BCUT2D eigenvalue weighted by Crippen LogP contribution is 2.37. The van der Waals surface area contributed by atoms with Gasteiger partial charge in [-0.25, -0.2) is 0 Å². The first-order valence-corrected chi connectivity index (χ1v) is 11.5. The van der Waals surface area contributed by atoms with Gasteiger partial charge in [-0.15, -0.1) is 0 Å². The van der Waals surface area contributed by atoms with Crippen molar-refractivity contribution in [3.8, 4) is 0 Å². The second kappa shape index (κ2) is 9.82. The van der Waals surface area contributed by atoms with Crippen LogP contribution in [0.1, 0.15) is 42.0 Å². The molecule has 4 heteroatoms. The number of aryl methyl sites for hydroxylation is 1. The fraction of sp³-hybridized carbons (Fsp3) is 0.286. The molecular weight excluding hydrogens is 392 g/mol. The molecule has 0 aliphatic carbocycles. The van der Waals surface area contributed by atoms with Crippen molar-refractivity contribution in [1.29, 1.82) is 0 Å². The molecule has 0 aromatic heterocycles. The van der Waals surface area contributed by atoms with Gasteiger partial charge in [0.05, 0.1) is 18.4 Å². The van der Waals surface area contributed by atoms with Crippen LogP contribution >= 0.6 is 0 Å². The summed E-state index contributed by atoms with van der Waals surface area (Å²) in [6.45, 7) is 13.2. The van der Waals surface area contributed by atoms with Crippen molar-refractivity contribution < 1.29 is 0 Å². The Kier molecular flexibility index (Phi) is 6.69. The first-order chi connectivity index (χ1) is 15.5. The van der Waals surface area contributed by atoms with Gasteiger partial charge in [-0.05, 0) is 65.8 Å². The average Bonchev–Trinajstić information content (AvgIpc) is 2.82. The summed E-state index contributed by atoms with van der Waals surface area (Å²) in [5, 5.41) is 9.40. The molecule has 1 atom stereocenters. The van der Waals surface area contributed by atoms with E-state index in [0.29, 0.717) is 19.1 Å². The Balaban J connectivity index is 1.39. The number of piperidine rings is 1. The number of nitrogens with two attached hydrogens (primary N) is 1. The maximum atomic E-state index is 5.76. The Bertz CT molecular complexity index is 1100. The molecule has 0 amide bonds. The van der Waals surface area contributed by atoms with E-state index in [2.05, 4.69) is 72.0 Å². The van der Waals surface area contributed by atoms with Crippen LogP contribution < -0.4 is 16.4 Å². The fourth-order valence-electron chi connectivity index (χ4n) is 4.66. The van der Waals surface area contributed by atoms with Crippen LogP contribution in [-0.4, -0.2) is 18.0 Å². The summed E-state index contributed by atoms with van der Waals surface area (Å²) in [6, 6.07) is 21.5. The predicted octanol–water partition coefficient (Wildman–Crippen LogP) is 5.62. The number of fused-ring (bicyclic) bond motifs is 1. The van der Waals surface area contributed by atoms with Gasteiger partial charge in [-0.2, -0.15) is 0 Å². The highest BCUT2D eigenvalue weighted by Gasteiger charge is 2.26. The van der Waals surface area contributed by atoms with Crippen molar-refractivity contribution in [2.75, 3.05) is 18.8 Å². The minimum Gasteiger partial charge on any atom is -0.399 e. The monoisotopic (exact) mass is 426 g/mol. The molecule has 32 heavy (non-hydrogen) atoms. The molecule has 0 saturated carbocycles. The van der Waals surface area contributed by atoms with Crippen molar-refractivity contribution in [3.63, 3.8) is 0 Å². The largest absolute Gasteiger partial charge is 0.399 e. The zero-order valence-corrected chi connectivity index (χ0v) is 19.0. The summed E-state index contributed by atoms with van der Waals surface area (Å²) in [4.78, 5) is 2.49. The van der Waals surface area contributed by atoms with Gasteiger partial charge in [0.2, 0.25) is 0 Å². The van der Waals surface area contributed by atoms with Gasteiger partial charge < -0.3 is 21.3 Å². The molecule has 0 radical (unpaired) electrons. The van der Waals surface area contributed by atoms with Crippen LogP contribution in [0.4, 0.5) is 5.69 Å². The predicted molar refractivity (Wildman–Crippen MR) is 136 cm³/mol. The average molecular weight is 427 g/mol. The molecular formula is C28H34N4. The number of likely N-dealkylation sites (tertiary alicyclic amines) is 1. The Hall–Kier alpha value is -3.40. The standard InChI is InChI=1S/C28H34N4/c1-20(18-30-22(3)31-19-23-11-14-25(29)15-12-23)32-17-7-6-10-28(32)27-16-13-24-8-4-5-9-26(24)21(27)2/h4-5,8-9,11-16,28,30-31H,1,3,6-7,10,17-19,29H2,2H3. The Labute approximate surface area is 191 Å². The number of hydrogen-bond acceptors (Lipinski definition) is 4. The van der Waals surface area contributed by atoms with E-state index in [1.807, 2.05) is 24.3 Å². The third kappa shape index (κ3) is 4.91. The van der Waals surface area contributed by atoms with Crippen molar-refractivity contribution in [3.05, 3.63) is 102 Å². The molecule has 1 fully saturated rings. The summed E-state index contributed by atoms with van der Waals surface area (Å²) in [5.41, 5.74) is 11.6. The third-order valence-corrected chi connectivity index (χ3v) is 6.50. The van der Waals surface area contributed by atoms with Gasteiger partial charge in [0.25, 0.3) is 0 Å². The Morgan fingerprint density at radius 3 is 2.59 bits per heavy atom. The third-order valence-electron chi connectivity index (χ3n) is 6.50. The van der Waals surface area contributed by atoms with Gasteiger partial charge in [0, 0.05) is 24.5 Å². The molecule has 0 bridgehead atoms. The molecule has 3 aromatic carbocycles. The number of nitrogens with zero attached hydrogens (tertiary/aromatic N) is 1. The van der Waals surface area contributed by atoms with E-state index in [9.17, 15) is 0 Å². The molecule has 3 aromatic rings. The molecule has 1 aliphatic heterocycles. The van der Waals surface area contributed by atoms with E-state index in [-0.39, 0.29) is 0 Å². The summed E-state index contributed by atoms with van der Waals surface area (Å²) in [6.07, 6.45) is 3.62. The normalized spacial score (nSPS) is 16.0. The molecule has 4 nitrogen and oxygen atoms in total. The lowest BCUT2D eigenvalue weighted by molar-refractivity contribution is 0.192. The summed E-state index contributed by atoms with van der Waals surface area (Å²) in [7, 11) is 0. The summed E-state index contributed by atoms with van der Waals surface area (Å²) >= 11 is 0. The number of benzene rings is 3. The van der Waals surface area contributed by atoms with Crippen LogP contribution in [-0.2, 0) is 6.54 Å². The van der Waals surface area contributed by atoms with Gasteiger partial charge in [0.1, 0.15) is 0 Å². The van der Waals surface area contributed by atoms with Crippen molar-refractivity contribution >= 4 is 16.5 Å². The minimum absolute atomic E-state index is 0.374. The molecule has 1 saturated heterocycles.